The lowest BCUT2D eigenvalue weighted by molar-refractivity contribution is 0.604. The zero-order valence-corrected chi connectivity index (χ0v) is 10.7. The maximum atomic E-state index is 13.4. The van der Waals surface area contributed by atoms with E-state index in [1.54, 1.807) is 20.9 Å². The number of nitrogens with zero attached hydrogens (tertiary/aromatic N) is 4. The van der Waals surface area contributed by atoms with Crippen LogP contribution in [0.1, 0.15) is 22.5 Å². The van der Waals surface area contributed by atoms with Gasteiger partial charge in [0.25, 0.3) is 0 Å². The van der Waals surface area contributed by atoms with Crippen LogP contribution in [0.4, 0.5) is 4.39 Å². The summed E-state index contributed by atoms with van der Waals surface area (Å²) in [4.78, 5) is 1.42. The topological polar surface area (TPSA) is 55.6 Å². The van der Waals surface area contributed by atoms with E-state index in [-0.39, 0.29) is 5.82 Å². The first kappa shape index (κ1) is 12.6. The summed E-state index contributed by atoms with van der Waals surface area (Å²) in [7, 11) is 1.73. The summed E-state index contributed by atoms with van der Waals surface area (Å²) in [6.45, 7) is 4.75. The first-order valence-corrected chi connectivity index (χ1v) is 5.75. The van der Waals surface area contributed by atoms with Crippen molar-refractivity contribution in [3.05, 3.63) is 40.5 Å². The Morgan fingerprint density at radius 2 is 1.89 bits per heavy atom. The molecule has 1 aromatic carbocycles. The molecule has 0 spiro atoms. The number of hydrogen-bond acceptors (Lipinski definition) is 4. The van der Waals surface area contributed by atoms with Crippen LogP contribution in [0.3, 0.4) is 0 Å². The fourth-order valence-electron chi connectivity index (χ4n) is 1.85. The van der Waals surface area contributed by atoms with E-state index in [4.69, 9.17) is 0 Å². The van der Waals surface area contributed by atoms with E-state index < -0.39 is 0 Å². The summed E-state index contributed by atoms with van der Waals surface area (Å²) in [5, 5.41) is 14.9. The molecule has 0 amide bonds. The number of rotatable bonds is 4. The summed E-state index contributed by atoms with van der Waals surface area (Å²) < 4.78 is 13.4. The Hall–Kier alpha value is -1.82. The van der Waals surface area contributed by atoms with Crippen LogP contribution in [0.25, 0.3) is 0 Å². The number of hydrogen-bond donors (Lipinski definition) is 1. The Balaban J connectivity index is 1.94. The Kier molecular flexibility index (Phi) is 3.66. The van der Waals surface area contributed by atoms with Crippen LogP contribution in [0.15, 0.2) is 12.1 Å². The highest BCUT2D eigenvalue weighted by Crippen LogP contribution is 2.14. The molecule has 18 heavy (non-hydrogen) atoms. The molecule has 5 nitrogen and oxygen atoms in total. The standard InChI is InChI=1S/C12H16FN5/c1-8-4-10(5-9(2)12(8)13)6-14-7-11-15-17-18(3)16-11/h4-5,14H,6-7H2,1-3H3. The van der Waals surface area contributed by atoms with Gasteiger partial charge >= 0.3 is 0 Å². The molecule has 96 valence electrons. The number of aromatic nitrogens is 4. The monoisotopic (exact) mass is 249 g/mol. The molecular weight excluding hydrogens is 233 g/mol. The van der Waals surface area contributed by atoms with Crippen molar-refractivity contribution in [3.8, 4) is 0 Å². The Labute approximate surface area is 105 Å². The van der Waals surface area contributed by atoms with Gasteiger partial charge in [-0.2, -0.15) is 4.80 Å². The van der Waals surface area contributed by atoms with Gasteiger partial charge in [-0.1, -0.05) is 12.1 Å². The molecule has 0 aliphatic carbocycles. The van der Waals surface area contributed by atoms with E-state index in [0.29, 0.717) is 30.0 Å². The summed E-state index contributed by atoms with van der Waals surface area (Å²) >= 11 is 0. The maximum Gasteiger partial charge on any atom is 0.188 e. The molecule has 0 aliphatic rings. The molecule has 6 heteroatoms. The van der Waals surface area contributed by atoms with Crippen LogP contribution in [-0.2, 0) is 20.1 Å². The summed E-state index contributed by atoms with van der Waals surface area (Å²) in [6, 6.07) is 3.69. The average Bonchev–Trinajstić information content (AvgIpc) is 2.72. The minimum absolute atomic E-state index is 0.130. The summed E-state index contributed by atoms with van der Waals surface area (Å²) in [5.41, 5.74) is 2.39. The van der Waals surface area contributed by atoms with Gasteiger partial charge in [0.1, 0.15) is 5.82 Å². The van der Waals surface area contributed by atoms with Gasteiger partial charge in [0.2, 0.25) is 0 Å². The normalized spacial score (nSPS) is 10.9. The summed E-state index contributed by atoms with van der Waals surface area (Å²) in [5.74, 6) is 0.516. The second-order valence-electron chi connectivity index (χ2n) is 4.34. The van der Waals surface area contributed by atoms with Gasteiger partial charge in [0.05, 0.1) is 13.6 Å². The highest BCUT2D eigenvalue weighted by Gasteiger charge is 2.05. The molecule has 0 saturated heterocycles. The molecule has 0 radical (unpaired) electrons. The van der Waals surface area contributed by atoms with Crippen LogP contribution in [-0.4, -0.2) is 20.2 Å². The van der Waals surface area contributed by atoms with Crippen LogP contribution < -0.4 is 5.32 Å². The van der Waals surface area contributed by atoms with Crippen molar-refractivity contribution in [2.75, 3.05) is 0 Å². The Morgan fingerprint density at radius 3 is 2.44 bits per heavy atom. The highest BCUT2D eigenvalue weighted by molar-refractivity contribution is 5.30. The highest BCUT2D eigenvalue weighted by atomic mass is 19.1. The first-order valence-electron chi connectivity index (χ1n) is 5.75. The molecule has 2 aromatic rings. The third-order valence-electron chi connectivity index (χ3n) is 2.66. The number of aryl methyl sites for hydroxylation is 3. The average molecular weight is 249 g/mol. The molecule has 0 fully saturated rings. The molecule has 0 aliphatic heterocycles. The van der Waals surface area contributed by atoms with Gasteiger partial charge in [-0.3, -0.25) is 0 Å². The Morgan fingerprint density at radius 1 is 1.22 bits per heavy atom. The molecule has 2 rings (SSSR count). The number of tetrazole rings is 1. The van der Waals surface area contributed by atoms with E-state index in [1.165, 1.54) is 4.80 Å². The van der Waals surface area contributed by atoms with E-state index in [0.717, 1.165) is 5.56 Å². The van der Waals surface area contributed by atoms with E-state index in [9.17, 15) is 4.39 Å². The minimum Gasteiger partial charge on any atom is -0.306 e. The van der Waals surface area contributed by atoms with Crippen molar-refractivity contribution < 1.29 is 4.39 Å². The second kappa shape index (κ2) is 5.22. The van der Waals surface area contributed by atoms with Crippen molar-refractivity contribution in [2.24, 2.45) is 7.05 Å². The third kappa shape index (κ3) is 2.89. The van der Waals surface area contributed by atoms with Gasteiger partial charge in [0.15, 0.2) is 5.82 Å². The van der Waals surface area contributed by atoms with Gasteiger partial charge < -0.3 is 5.32 Å². The van der Waals surface area contributed by atoms with Crippen LogP contribution in [0.2, 0.25) is 0 Å². The second-order valence-corrected chi connectivity index (χ2v) is 4.34. The predicted molar refractivity (Wildman–Crippen MR) is 65.2 cm³/mol. The molecule has 1 aromatic heterocycles. The smallest absolute Gasteiger partial charge is 0.188 e. The lowest BCUT2D eigenvalue weighted by Gasteiger charge is -2.07. The zero-order chi connectivity index (χ0) is 13.1. The number of halogens is 1. The van der Waals surface area contributed by atoms with Crippen molar-refractivity contribution >= 4 is 0 Å². The quantitative estimate of drug-likeness (QED) is 0.886. The maximum absolute atomic E-state index is 13.4. The minimum atomic E-state index is -0.130. The molecule has 0 bridgehead atoms. The van der Waals surface area contributed by atoms with Crippen molar-refractivity contribution in [1.29, 1.82) is 0 Å². The third-order valence-corrected chi connectivity index (χ3v) is 2.66. The molecule has 1 N–H and O–H groups in total. The van der Waals surface area contributed by atoms with Gasteiger partial charge in [-0.05, 0) is 35.8 Å². The predicted octanol–water partition coefficient (Wildman–Crippen LogP) is 1.26. The number of nitrogens with one attached hydrogen (secondary N) is 1. The Bertz CT molecular complexity index is 526. The van der Waals surface area contributed by atoms with E-state index >= 15 is 0 Å². The molecule has 0 atom stereocenters. The lowest BCUT2D eigenvalue weighted by Crippen LogP contribution is -2.14. The van der Waals surface area contributed by atoms with Crippen molar-refractivity contribution in [1.82, 2.24) is 25.5 Å². The fraction of sp³-hybridized carbons (Fsp3) is 0.417. The zero-order valence-electron chi connectivity index (χ0n) is 10.7. The van der Waals surface area contributed by atoms with Crippen molar-refractivity contribution in [3.63, 3.8) is 0 Å². The fourth-order valence-corrected chi connectivity index (χ4v) is 1.85. The summed E-state index contributed by atoms with van der Waals surface area (Å²) in [6.07, 6.45) is 0. The first-order chi connectivity index (χ1) is 8.56. The van der Waals surface area contributed by atoms with E-state index in [1.807, 2.05) is 12.1 Å². The lowest BCUT2D eigenvalue weighted by atomic mass is 10.1. The van der Waals surface area contributed by atoms with Crippen LogP contribution in [0.5, 0.6) is 0 Å². The van der Waals surface area contributed by atoms with Crippen molar-refractivity contribution in [2.45, 2.75) is 26.9 Å². The van der Waals surface area contributed by atoms with Gasteiger partial charge in [-0.25, -0.2) is 4.39 Å². The van der Waals surface area contributed by atoms with E-state index in [2.05, 4.69) is 20.7 Å². The van der Waals surface area contributed by atoms with Crippen LogP contribution >= 0.6 is 0 Å². The SMILES string of the molecule is Cc1cc(CNCc2nnn(C)n2)cc(C)c1F. The molecule has 0 unspecified atom stereocenters. The van der Waals surface area contributed by atoms with Gasteiger partial charge in [0, 0.05) is 6.54 Å². The number of benzene rings is 1. The largest absolute Gasteiger partial charge is 0.306 e. The molecular formula is C12H16FN5. The molecule has 1 heterocycles. The van der Waals surface area contributed by atoms with Gasteiger partial charge in [-0.15, -0.1) is 10.2 Å². The molecule has 0 saturated carbocycles. The van der Waals surface area contributed by atoms with Crippen LogP contribution in [0, 0.1) is 19.7 Å².